The zero-order valence-electron chi connectivity index (χ0n) is 14.2. The number of nitrogens with zero attached hydrogens (tertiary/aromatic N) is 1. The second kappa shape index (κ2) is 7.10. The van der Waals surface area contributed by atoms with Crippen LogP contribution in [0.4, 0.5) is 0 Å². The molecule has 1 saturated heterocycles. The number of carbonyl (C=O) groups is 1. The zero-order valence-corrected chi connectivity index (χ0v) is 15.8. The number of likely N-dealkylation sites (tertiary alicyclic amines) is 1. The number of halogens is 1. The fraction of sp³-hybridized carbons (Fsp3) is 0.450. The maximum absolute atomic E-state index is 12.9. The third kappa shape index (κ3) is 3.48. The minimum absolute atomic E-state index is 0.163. The highest BCUT2D eigenvalue weighted by molar-refractivity contribution is 7.10. The lowest BCUT2D eigenvalue weighted by Crippen LogP contribution is -2.41. The maximum atomic E-state index is 12.9. The summed E-state index contributed by atoms with van der Waals surface area (Å²) in [4.78, 5) is 16.8. The number of hydrogen-bond acceptors (Lipinski definition) is 3. The molecule has 2 aliphatic rings. The Balaban J connectivity index is 1.45. The van der Waals surface area contributed by atoms with Crippen LogP contribution in [-0.4, -0.2) is 30.4 Å². The molecule has 1 amide bonds. The summed E-state index contributed by atoms with van der Waals surface area (Å²) < 4.78 is 0. The van der Waals surface area contributed by atoms with E-state index in [1.807, 2.05) is 24.3 Å². The number of rotatable bonds is 6. The molecule has 0 bridgehead atoms. The Bertz CT molecular complexity index is 719. The molecule has 1 aliphatic carbocycles. The van der Waals surface area contributed by atoms with Gasteiger partial charge in [0.15, 0.2) is 0 Å². The van der Waals surface area contributed by atoms with Crippen LogP contribution >= 0.6 is 22.9 Å². The number of benzene rings is 1. The van der Waals surface area contributed by atoms with Crippen LogP contribution in [0.3, 0.4) is 0 Å². The van der Waals surface area contributed by atoms with E-state index < -0.39 is 0 Å². The molecule has 3 nitrogen and oxygen atoms in total. The first-order chi connectivity index (χ1) is 12.2. The Morgan fingerprint density at radius 1 is 1.20 bits per heavy atom. The van der Waals surface area contributed by atoms with Crippen molar-refractivity contribution < 1.29 is 4.79 Å². The number of hydrogen-bond donors (Lipinski definition) is 1. The second-order valence-corrected chi connectivity index (χ2v) is 8.49. The van der Waals surface area contributed by atoms with Gasteiger partial charge in [-0.3, -0.25) is 9.69 Å². The summed E-state index contributed by atoms with van der Waals surface area (Å²) in [6.07, 6.45) is 4.36. The van der Waals surface area contributed by atoms with Gasteiger partial charge in [-0.15, -0.1) is 11.3 Å². The summed E-state index contributed by atoms with van der Waals surface area (Å²) in [6.45, 7) is 2.94. The highest BCUT2D eigenvalue weighted by Crippen LogP contribution is 2.48. The van der Waals surface area contributed by atoms with Crippen LogP contribution in [0.1, 0.15) is 42.2 Å². The molecule has 1 N–H and O–H groups in total. The van der Waals surface area contributed by atoms with Crippen LogP contribution in [0.2, 0.25) is 5.02 Å². The first-order valence-corrected chi connectivity index (χ1v) is 10.3. The molecule has 4 rings (SSSR count). The van der Waals surface area contributed by atoms with Gasteiger partial charge in [0, 0.05) is 16.4 Å². The topological polar surface area (TPSA) is 32.3 Å². The molecule has 0 radical (unpaired) electrons. The second-order valence-electron chi connectivity index (χ2n) is 7.07. The summed E-state index contributed by atoms with van der Waals surface area (Å²) in [6, 6.07) is 12.3. The average Bonchev–Trinajstić information content (AvgIpc) is 3.02. The summed E-state index contributed by atoms with van der Waals surface area (Å²) in [5, 5.41) is 6.09. The Morgan fingerprint density at radius 3 is 2.52 bits per heavy atom. The Morgan fingerprint density at radius 2 is 1.92 bits per heavy atom. The van der Waals surface area contributed by atoms with E-state index >= 15 is 0 Å². The van der Waals surface area contributed by atoms with Crippen molar-refractivity contribution in [3.63, 3.8) is 0 Å². The Hall–Kier alpha value is -1.36. The predicted octanol–water partition coefficient (Wildman–Crippen LogP) is 4.39. The number of carbonyl (C=O) groups excluding carboxylic acids is 1. The van der Waals surface area contributed by atoms with Crippen molar-refractivity contribution in [2.24, 2.45) is 0 Å². The van der Waals surface area contributed by atoms with E-state index in [2.05, 4.69) is 27.7 Å². The monoisotopic (exact) mass is 374 g/mol. The van der Waals surface area contributed by atoms with Gasteiger partial charge in [0.2, 0.25) is 5.91 Å². The molecule has 5 heteroatoms. The molecule has 1 aromatic carbocycles. The first kappa shape index (κ1) is 17.1. The van der Waals surface area contributed by atoms with Crippen molar-refractivity contribution in [2.45, 2.75) is 37.1 Å². The van der Waals surface area contributed by atoms with Crippen molar-refractivity contribution in [1.29, 1.82) is 0 Å². The summed E-state index contributed by atoms with van der Waals surface area (Å²) in [5.74, 6) is 0.163. The van der Waals surface area contributed by atoms with Gasteiger partial charge in [-0.1, -0.05) is 29.8 Å². The van der Waals surface area contributed by atoms with Crippen LogP contribution in [0, 0.1) is 0 Å². The Kier molecular flexibility index (Phi) is 4.85. The molecule has 1 unspecified atom stereocenters. The highest BCUT2D eigenvalue weighted by Gasteiger charge is 2.51. The molecule has 0 spiro atoms. The SMILES string of the molecule is O=C(NCC(c1cccs1)N1CCCC1)C1(c2ccc(Cl)cc2)CC1. The van der Waals surface area contributed by atoms with E-state index in [1.54, 1.807) is 11.3 Å². The minimum atomic E-state index is -0.338. The van der Waals surface area contributed by atoms with Crippen molar-refractivity contribution >= 4 is 28.8 Å². The predicted molar refractivity (Wildman–Crippen MR) is 103 cm³/mol. The normalized spacial score (nSPS) is 20.4. The van der Waals surface area contributed by atoms with E-state index in [0.29, 0.717) is 17.6 Å². The largest absolute Gasteiger partial charge is 0.353 e. The van der Waals surface area contributed by atoms with E-state index in [0.717, 1.165) is 31.5 Å². The van der Waals surface area contributed by atoms with E-state index in [-0.39, 0.29) is 11.3 Å². The molecule has 2 aromatic rings. The van der Waals surface area contributed by atoms with Crippen LogP contribution in [0.5, 0.6) is 0 Å². The molecule has 1 aliphatic heterocycles. The van der Waals surface area contributed by atoms with Crippen molar-refractivity contribution in [1.82, 2.24) is 10.2 Å². The smallest absolute Gasteiger partial charge is 0.230 e. The van der Waals surface area contributed by atoms with Crippen LogP contribution in [0.25, 0.3) is 0 Å². The van der Waals surface area contributed by atoms with Gasteiger partial charge in [-0.25, -0.2) is 0 Å². The molecular weight excluding hydrogens is 352 g/mol. The third-order valence-corrected chi connectivity index (χ3v) is 6.72. The highest BCUT2D eigenvalue weighted by atomic mass is 35.5. The summed E-state index contributed by atoms with van der Waals surface area (Å²) in [5.41, 5.74) is 0.749. The van der Waals surface area contributed by atoms with Crippen molar-refractivity contribution in [2.75, 3.05) is 19.6 Å². The van der Waals surface area contributed by atoms with Gasteiger partial charge >= 0.3 is 0 Å². The molecule has 1 aromatic heterocycles. The zero-order chi connectivity index (χ0) is 17.3. The maximum Gasteiger partial charge on any atom is 0.230 e. The van der Waals surface area contributed by atoms with Gasteiger partial charge in [0.05, 0.1) is 11.5 Å². The van der Waals surface area contributed by atoms with Crippen molar-refractivity contribution in [3.8, 4) is 0 Å². The number of thiophene rings is 1. The van der Waals surface area contributed by atoms with Crippen LogP contribution < -0.4 is 5.32 Å². The van der Waals surface area contributed by atoms with E-state index in [9.17, 15) is 4.79 Å². The van der Waals surface area contributed by atoms with Gasteiger partial charge in [0.25, 0.3) is 0 Å². The standard InChI is InChI=1S/C20H23ClN2OS/c21-16-7-5-15(6-8-16)20(9-10-20)19(24)22-14-17(18-4-3-13-25-18)23-11-1-2-12-23/h3-8,13,17H,1-2,9-12,14H2,(H,22,24). The minimum Gasteiger partial charge on any atom is -0.353 e. The van der Waals surface area contributed by atoms with Gasteiger partial charge in [-0.2, -0.15) is 0 Å². The van der Waals surface area contributed by atoms with Crippen molar-refractivity contribution in [3.05, 3.63) is 57.2 Å². The average molecular weight is 375 g/mol. The lowest BCUT2D eigenvalue weighted by Gasteiger charge is -2.28. The quantitative estimate of drug-likeness (QED) is 0.813. The van der Waals surface area contributed by atoms with Gasteiger partial charge in [-0.05, 0) is 67.9 Å². The number of amides is 1. The lowest BCUT2D eigenvalue weighted by atomic mass is 9.95. The van der Waals surface area contributed by atoms with Gasteiger partial charge in [0.1, 0.15) is 0 Å². The summed E-state index contributed by atoms with van der Waals surface area (Å²) >= 11 is 7.77. The first-order valence-electron chi connectivity index (χ1n) is 9.01. The molecule has 132 valence electrons. The summed E-state index contributed by atoms with van der Waals surface area (Å²) in [7, 11) is 0. The molecule has 1 saturated carbocycles. The van der Waals surface area contributed by atoms with Crippen LogP contribution in [0.15, 0.2) is 41.8 Å². The third-order valence-electron chi connectivity index (χ3n) is 5.49. The molecule has 25 heavy (non-hydrogen) atoms. The molecule has 2 heterocycles. The Labute approximate surface area is 158 Å². The van der Waals surface area contributed by atoms with Gasteiger partial charge < -0.3 is 5.32 Å². The van der Waals surface area contributed by atoms with E-state index in [1.165, 1.54) is 17.7 Å². The molecule has 2 fully saturated rings. The number of nitrogens with one attached hydrogen (secondary N) is 1. The fourth-order valence-electron chi connectivity index (χ4n) is 3.84. The molecular formula is C20H23ClN2OS. The lowest BCUT2D eigenvalue weighted by molar-refractivity contribution is -0.123. The van der Waals surface area contributed by atoms with E-state index in [4.69, 9.17) is 11.6 Å². The fourth-order valence-corrected chi connectivity index (χ4v) is 4.83. The molecule has 1 atom stereocenters. The van der Waals surface area contributed by atoms with Crippen LogP contribution in [-0.2, 0) is 10.2 Å².